The minimum atomic E-state index is 0.311. The largest absolute Gasteiger partial charge is 0.370 e. The molecule has 1 fully saturated rings. The van der Waals surface area contributed by atoms with Crippen molar-refractivity contribution in [2.75, 3.05) is 32.0 Å². The van der Waals surface area contributed by atoms with Gasteiger partial charge in [-0.2, -0.15) is 0 Å². The van der Waals surface area contributed by atoms with Gasteiger partial charge < -0.3 is 10.2 Å². The molecule has 0 aliphatic carbocycles. The summed E-state index contributed by atoms with van der Waals surface area (Å²) >= 11 is 5.80. The predicted octanol–water partition coefficient (Wildman–Crippen LogP) is 1.80. The van der Waals surface area contributed by atoms with E-state index < -0.39 is 0 Å². The first-order valence-corrected chi connectivity index (χ1v) is 5.95. The maximum atomic E-state index is 5.80. The number of rotatable bonds is 3. The van der Waals surface area contributed by atoms with Gasteiger partial charge in [-0.1, -0.05) is 0 Å². The van der Waals surface area contributed by atoms with Crippen LogP contribution >= 0.6 is 11.6 Å². The lowest BCUT2D eigenvalue weighted by Crippen LogP contribution is -2.19. The number of halogens is 1. The second-order valence-electron chi connectivity index (χ2n) is 4.46. The Hall–Kier alpha value is -0.870. The van der Waals surface area contributed by atoms with Crippen molar-refractivity contribution in [1.82, 2.24) is 14.9 Å². The molecule has 0 spiro atoms. The van der Waals surface area contributed by atoms with Crippen LogP contribution in [0, 0.1) is 12.8 Å². The minimum absolute atomic E-state index is 0.311. The highest BCUT2D eigenvalue weighted by atomic mass is 35.5. The molecule has 1 unspecified atom stereocenters. The highest BCUT2D eigenvalue weighted by molar-refractivity contribution is 6.28. The molecule has 5 heteroatoms. The summed E-state index contributed by atoms with van der Waals surface area (Å²) in [5.41, 5.74) is 0.894. The fourth-order valence-corrected chi connectivity index (χ4v) is 2.29. The molecule has 1 N–H and O–H groups in total. The lowest BCUT2D eigenvalue weighted by molar-refractivity contribution is 0.399. The molecule has 4 nitrogen and oxygen atoms in total. The van der Waals surface area contributed by atoms with E-state index in [1.165, 1.54) is 13.0 Å². The SMILES string of the molecule is Cc1cc(NCC2CCN(C)C2)nc(Cl)n1. The fourth-order valence-electron chi connectivity index (χ4n) is 2.06. The number of hydrogen-bond acceptors (Lipinski definition) is 4. The number of anilines is 1. The number of nitrogens with one attached hydrogen (secondary N) is 1. The van der Waals surface area contributed by atoms with Crippen molar-refractivity contribution < 1.29 is 0 Å². The Balaban J connectivity index is 1.89. The lowest BCUT2D eigenvalue weighted by Gasteiger charge is -2.12. The molecular formula is C11H17ClN4. The van der Waals surface area contributed by atoms with Gasteiger partial charge in [0.25, 0.3) is 0 Å². The van der Waals surface area contributed by atoms with E-state index in [9.17, 15) is 0 Å². The molecule has 16 heavy (non-hydrogen) atoms. The van der Waals surface area contributed by atoms with E-state index in [-0.39, 0.29) is 0 Å². The first-order chi connectivity index (χ1) is 7.63. The molecule has 0 amide bonds. The third-order valence-electron chi connectivity index (χ3n) is 2.89. The van der Waals surface area contributed by atoms with Crippen molar-refractivity contribution >= 4 is 17.4 Å². The molecule has 0 bridgehead atoms. The zero-order chi connectivity index (χ0) is 11.5. The zero-order valence-electron chi connectivity index (χ0n) is 9.70. The Morgan fingerprint density at radius 3 is 3.00 bits per heavy atom. The van der Waals surface area contributed by atoms with Gasteiger partial charge in [0.15, 0.2) is 0 Å². The van der Waals surface area contributed by atoms with Crippen LogP contribution in [0.15, 0.2) is 6.07 Å². The van der Waals surface area contributed by atoms with Crippen LogP contribution in [0.5, 0.6) is 0 Å². The van der Waals surface area contributed by atoms with Crippen molar-refractivity contribution in [1.29, 1.82) is 0 Å². The van der Waals surface area contributed by atoms with E-state index in [4.69, 9.17) is 11.6 Å². The summed E-state index contributed by atoms with van der Waals surface area (Å²) in [5, 5.41) is 3.64. The summed E-state index contributed by atoms with van der Waals surface area (Å²) in [6, 6.07) is 1.92. The molecule has 2 heterocycles. The molecule has 1 aromatic heterocycles. The smallest absolute Gasteiger partial charge is 0.224 e. The van der Waals surface area contributed by atoms with Crippen LogP contribution in [0.1, 0.15) is 12.1 Å². The van der Waals surface area contributed by atoms with Crippen LogP contribution in [-0.4, -0.2) is 41.5 Å². The Morgan fingerprint density at radius 2 is 2.38 bits per heavy atom. The molecule has 1 aromatic rings. The summed E-state index contributed by atoms with van der Waals surface area (Å²) in [6.07, 6.45) is 1.25. The lowest BCUT2D eigenvalue weighted by atomic mass is 10.1. The number of likely N-dealkylation sites (tertiary alicyclic amines) is 1. The number of aromatic nitrogens is 2. The van der Waals surface area contributed by atoms with Crippen molar-refractivity contribution in [2.45, 2.75) is 13.3 Å². The van der Waals surface area contributed by atoms with E-state index in [1.54, 1.807) is 0 Å². The Morgan fingerprint density at radius 1 is 1.56 bits per heavy atom. The monoisotopic (exact) mass is 240 g/mol. The van der Waals surface area contributed by atoms with Crippen molar-refractivity contribution in [3.8, 4) is 0 Å². The second-order valence-corrected chi connectivity index (χ2v) is 4.80. The average molecular weight is 241 g/mol. The van der Waals surface area contributed by atoms with Crippen LogP contribution in [0.4, 0.5) is 5.82 Å². The molecule has 2 rings (SSSR count). The normalized spacial score (nSPS) is 21.3. The van der Waals surface area contributed by atoms with Gasteiger partial charge in [0, 0.05) is 24.8 Å². The van der Waals surface area contributed by atoms with Crippen LogP contribution in [0.2, 0.25) is 5.28 Å². The van der Waals surface area contributed by atoms with Crippen LogP contribution in [0.3, 0.4) is 0 Å². The quantitative estimate of drug-likeness (QED) is 0.819. The molecule has 1 saturated heterocycles. The minimum Gasteiger partial charge on any atom is -0.370 e. The average Bonchev–Trinajstić information content (AvgIpc) is 2.60. The predicted molar refractivity (Wildman–Crippen MR) is 65.9 cm³/mol. The standard InChI is InChI=1S/C11H17ClN4/c1-8-5-10(15-11(12)14-8)13-6-9-3-4-16(2)7-9/h5,9H,3-4,6-7H2,1-2H3,(H,13,14,15). The van der Waals surface area contributed by atoms with Gasteiger partial charge in [-0.3, -0.25) is 0 Å². The second kappa shape index (κ2) is 4.97. The zero-order valence-corrected chi connectivity index (χ0v) is 10.5. The molecule has 1 aliphatic heterocycles. The Kier molecular flexibility index (Phi) is 3.61. The number of hydrogen-bond donors (Lipinski definition) is 1. The van der Waals surface area contributed by atoms with E-state index in [0.717, 1.165) is 24.6 Å². The van der Waals surface area contributed by atoms with Gasteiger partial charge >= 0.3 is 0 Å². The molecule has 0 aromatic carbocycles. The molecule has 1 aliphatic rings. The van der Waals surface area contributed by atoms with Crippen molar-refractivity contribution in [3.05, 3.63) is 17.0 Å². The van der Waals surface area contributed by atoms with E-state index >= 15 is 0 Å². The first kappa shape index (κ1) is 11.6. The topological polar surface area (TPSA) is 41.0 Å². The summed E-state index contributed by atoms with van der Waals surface area (Å²) < 4.78 is 0. The summed E-state index contributed by atoms with van der Waals surface area (Å²) in [5.74, 6) is 1.53. The molecule has 1 atom stereocenters. The van der Waals surface area contributed by atoms with E-state index in [1.807, 2.05) is 13.0 Å². The highest BCUT2D eigenvalue weighted by Gasteiger charge is 2.18. The van der Waals surface area contributed by atoms with Crippen LogP contribution < -0.4 is 5.32 Å². The Bertz CT molecular complexity index is 349. The highest BCUT2D eigenvalue weighted by Crippen LogP contribution is 2.16. The maximum Gasteiger partial charge on any atom is 0.224 e. The molecule has 0 radical (unpaired) electrons. The van der Waals surface area contributed by atoms with Gasteiger partial charge in [-0.25, -0.2) is 9.97 Å². The number of aryl methyl sites for hydroxylation is 1. The maximum absolute atomic E-state index is 5.80. The van der Waals surface area contributed by atoms with Crippen LogP contribution in [0.25, 0.3) is 0 Å². The van der Waals surface area contributed by atoms with Gasteiger partial charge in [-0.05, 0) is 44.5 Å². The van der Waals surface area contributed by atoms with E-state index in [2.05, 4.69) is 27.2 Å². The van der Waals surface area contributed by atoms with Crippen molar-refractivity contribution in [3.63, 3.8) is 0 Å². The molecular weight excluding hydrogens is 224 g/mol. The summed E-state index contributed by atoms with van der Waals surface area (Å²) in [7, 11) is 2.16. The summed E-state index contributed by atoms with van der Waals surface area (Å²) in [4.78, 5) is 10.5. The van der Waals surface area contributed by atoms with Gasteiger partial charge in [0.1, 0.15) is 5.82 Å². The third kappa shape index (κ3) is 3.06. The Labute approximate surface area is 101 Å². The number of nitrogens with zero attached hydrogens (tertiary/aromatic N) is 3. The van der Waals surface area contributed by atoms with E-state index in [0.29, 0.717) is 11.2 Å². The molecule has 88 valence electrons. The third-order valence-corrected chi connectivity index (χ3v) is 3.06. The van der Waals surface area contributed by atoms with Crippen LogP contribution in [-0.2, 0) is 0 Å². The van der Waals surface area contributed by atoms with Gasteiger partial charge in [0.05, 0.1) is 0 Å². The van der Waals surface area contributed by atoms with Gasteiger partial charge in [-0.15, -0.1) is 0 Å². The van der Waals surface area contributed by atoms with Gasteiger partial charge in [0.2, 0.25) is 5.28 Å². The summed E-state index contributed by atoms with van der Waals surface area (Å²) in [6.45, 7) is 5.22. The fraction of sp³-hybridized carbons (Fsp3) is 0.636. The first-order valence-electron chi connectivity index (χ1n) is 5.57. The molecule has 0 saturated carbocycles. The van der Waals surface area contributed by atoms with Crippen molar-refractivity contribution in [2.24, 2.45) is 5.92 Å².